The van der Waals surface area contributed by atoms with Crippen molar-refractivity contribution in [1.29, 1.82) is 5.26 Å². The molecule has 1 heterocycles. The number of nitrogens with zero attached hydrogens (tertiary/aromatic N) is 3. The van der Waals surface area contributed by atoms with Crippen LogP contribution in [-0.4, -0.2) is 10.1 Å². The van der Waals surface area contributed by atoms with Gasteiger partial charge >= 0.3 is 0 Å². The SMILES string of the molecule is N#Cc1ccccc1OCc1nc(-c2ccccc2)no1. The summed E-state index contributed by atoms with van der Waals surface area (Å²) in [4.78, 5) is 4.27. The lowest BCUT2D eigenvalue weighted by atomic mass is 10.2. The van der Waals surface area contributed by atoms with Gasteiger partial charge in [0.2, 0.25) is 5.82 Å². The van der Waals surface area contributed by atoms with E-state index in [9.17, 15) is 0 Å². The first-order valence-electron chi connectivity index (χ1n) is 6.37. The highest BCUT2D eigenvalue weighted by Gasteiger charge is 2.10. The minimum absolute atomic E-state index is 0.124. The molecule has 0 unspecified atom stereocenters. The van der Waals surface area contributed by atoms with E-state index in [0.29, 0.717) is 23.0 Å². The molecule has 21 heavy (non-hydrogen) atoms. The summed E-state index contributed by atoms with van der Waals surface area (Å²) in [5.74, 6) is 1.38. The van der Waals surface area contributed by atoms with Gasteiger partial charge in [0.1, 0.15) is 11.8 Å². The van der Waals surface area contributed by atoms with Crippen LogP contribution in [0.2, 0.25) is 0 Å². The van der Waals surface area contributed by atoms with Crippen molar-refractivity contribution < 1.29 is 9.26 Å². The smallest absolute Gasteiger partial charge is 0.264 e. The van der Waals surface area contributed by atoms with Crippen LogP contribution in [0.15, 0.2) is 59.1 Å². The summed E-state index contributed by atoms with van der Waals surface area (Å²) >= 11 is 0. The average molecular weight is 277 g/mol. The summed E-state index contributed by atoms with van der Waals surface area (Å²) in [7, 11) is 0. The Morgan fingerprint density at radius 1 is 1.05 bits per heavy atom. The second-order valence-electron chi connectivity index (χ2n) is 4.27. The number of aromatic nitrogens is 2. The van der Waals surface area contributed by atoms with Crippen LogP contribution in [0.25, 0.3) is 11.4 Å². The maximum Gasteiger partial charge on any atom is 0.264 e. The lowest BCUT2D eigenvalue weighted by Crippen LogP contribution is -1.97. The summed E-state index contributed by atoms with van der Waals surface area (Å²) < 4.78 is 10.7. The van der Waals surface area contributed by atoms with Crippen LogP contribution in [-0.2, 0) is 6.61 Å². The van der Waals surface area contributed by atoms with Gasteiger partial charge in [-0.15, -0.1) is 0 Å². The van der Waals surface area contributed by atoms with E-state index >= 15 is 0 Å². The van der Waals surface area contributed by atoms with Gasteiger partial charge in [-0.05, 0) is 12.1 Å². The predicted octanol–water partition coefficient (Wildman–Crippen LogP) is 3.19. The van der Waals surface area contributed by atoms with E-state index in [1.807, 2.05) is 30.3 Å². The van der Waals surface area contributed by atoms with Crippen molar-refractivity contribution in [3.63, 3.8) is 0 Å². The molecule has 5 nitrogen and oxygen atoms in total. The Bertz CT molecular complexity index is 775. The Morgan fingerprint density at radius 2 is 1.81 bits per heavy atom. The van der Waals surface area contributed by atoms with Gasteiger partial charge in [-0.25, -0.2) is 0 Å². The molecule has 0 bridgehead atoms. The van der Waals surface area contributed by atoms with Crippen molar-refractivity contribution in [2.45, 2.75) is 6.61 Å². The molecule has 0 amide bonds. The third-order valence-electron chi connectivity index (χ3n) is 2.86. The Kier molecular flexibility index (Phi) is 3.61. The molecule has 0 aliphatic carbocycles. The van der Waals surface area contributed by atoms with Crippen molar-refractivity contribution in [2.75, 3.05) is 0 Å². The van der Waals surface area contributed by atoms with Crippen molar-refractivity contribution in [1.82, 2.24) is 10.1 Å². The van der Waals surface area contributed by atoms with Crippen LogP contribution in [0.4, 0.5) is 0 Å². The third kappa shape index (κ3) is 2.90. The number of hydrogen-bond donors (Lipinski definition) is 0. The van der Waals surface area contributed by atoms with Gasteiger partial charge < -0.3 is 9.26 Å². The van der Waals surface area contributed by atoms with E-state index in [2.05, 4.69) is 16.2 Å². The Morgan fingerprint density at radius 3 is 2.62 bits per heavy atom. The standard InChI is InChI=1S/C16H11N3O2/c17-10-13-8-4-5-9-14(13)20-11-15-18-16(19-21-15)12-6-2-1-3-7-12/h1-9H,11H2. The van der Waals surface area contributed by atoms with Gasteiger partial charge in [0.25, 0.3) is 5.89 Å². The quantitative estimate of drug-likeness (QED) is 0.732. The first-order valence-corrected chi connectivity index (χ1v) is 6.37. The molecular weight excluding hydrogens is 266 g/mol. The summed E-state index contributed by atoms with van der Waals surface area (Å²) in [5.41, 5.74) is 1.35. The van der Waals surface area contributed by atoms with Gasteiger partial charge in [-0.1, -0.05) is 47.6 Å². The molecule has 0 aliphatic rings. The largest absolute Gasteiger partial charge is 0.482 e. The predicted molar refractivity (Wildman–Crippen MR) is 75.2 cm³/mol. The van der Waals surface area contributed by atoms with Crippen LogP contribution in [0.5, 0.6) is 5.75 Å². The molecule has 0 aliphatic heterocycles. The van der Waals surface area contributed by atoms with Crippen molar-refractivity contribution >= 4 is 0 Å². The van der Waals surface area contributed by atoms with Gasteiger partial charge in [0.05, 0.1) is 5.56 Å². The highest BCUT2D eigenvalue weighted by atomic mass is 16.5. The summed E-state index contributed by atoms with van der Waals surface area (Å²) in [5, 5.41) is 12.9. The molecule has 3 aromatic rings. The fourth-order valence-corrected chi connectivity index (χ4v) is 1.84. The highest BCUT2D eigenvalue weighted by Crippen LogP contribution is 2.19. The zero-order valence-corrected chi connectivity index (χ0v) is 11.1. The lowest BCUT2D eigenvalue weighted by Gasteiger charge is -2.03. The van der Waals surface area contributed by atoms with Crippen LogP contribution in [0.1, 0.15) is 11.5 Å². The number of rotatable bonds is 4. The minimum atomic E-state index is 0.124. The van der Waals surface area contributed by atoms with Gasteiger partial charge in [-0.3, -0.25) is 0 Å². The molecule has 0 N–H and O–H groups in total. The second kappa shape index (κ2) is 5.88. The zero-order chi connectivity index (χ0) is 14.5. The fourth-order valence-electron chi connectivity index (χ4n) is 1.84. The molecule has 102 valence electrons. The summed E-state index contributed by atoms with van der Waals surface area (Å²) in [6.07, 6.45) is 0. The normalized spacial score (nSPS) is 10.0. The molecule has 1 aromatic heterocycles. The maximum atomic E-state index is 8.99. The van der Waals surface area contributed by atoms with Crippen molar-refractivity contribution in [3.8, 4) is 23.2 Å². The third-order valence-corrected chi connectivity index (χ3v) is 2.86. The number of benzene rings is 2. The van der Waals surface area contributed by atoms with Crippen molar-refractivity contribution in [2.24, 2.45) is 0 Å². The van der Waals surface area contributed by atoms with Crippen LogP contribution >= 0.6 is 0 Å². The molecule has 0 radical (unpaired) electrons. The number of nitriles is 1. The van der Waals surface area contributed by atoms with E-state index in [1.165, 1.54) is 0 Å². The van der Waals surface area contributed by atoms with Crippen LogP contribution in [0.3, 0.4) is 0 Å². The Hall–Kier alpha value is -3.13. The summed E-state index contributed by atoms with van der Waals surface area (Å²) in [6.45, 7) is 0.124. The molecular formula is C16H11N3O2. The monoisotopic (exact) mass is 277 g/mol. The number of ether oxygens (including phenoxy) is 1. The topological polar surface area (TPSA) is 71.9 Å². The maximum absolute atomic E-state index is 8.99. The number of hydrogen-bond acceptors (Lipinski definition) is 5. The summed E-state index contributed by atoms with van der Waals surface area (Å²) in [6, 6.07) is 18.6. The molecule has 2 aromatic carbocycles. The number of para-hydroxylation sites is 1. The van der Waals surface area contributed by atoms with E-state index in [0.717, 1.165) is 5.56 Å². The first-order chi connectivity index (χ1) is 10.4. The fraction of sp³-hybridized carbons (Fsp3) is 0.0625. The molecule has 0 atom stereocenters. The van der Waals surface area contributed by atoms with Gasteiger partial charge in [-0.2, -0.15) is 10.2 Å². The molecule has 0 fully saturated rings. The van der Waals surface area contributed by atoms with Crippen LogP contribution < -0.4 is 4.74 Å². The highest BCUT2D eigenvalue weighted by molar-refractivity contribution is 5.53. The zero-order valence-electron chi connectivity index (χ0n) is 11.1. The van der Waals surface area contributed by atoms with E-state index < -0.39 is 0 Å². The average Bonchev–Trinajstić information content (AvgIpc) is 3.03. The molecule has 0 spiro atoms. The Balaban J connectivity index is 1.72. The first kappa shape index (κ1) is 12.9. The van der Waals surface area contributed by atoms with E-state index in [1.54, 1.807) is 24.3 Å². The minimum Gasteiger partial charge on any atom is -0.482 e. The van der Waals surface area contributed by atoms with Crippen molar-refractivity contribution in [3.05, 3.63) is 66.1 Å². The van der Waals surface area contributed by atoms with E-state index in [-0.39, 0.29) is 6.61 Å². The van der Waals surface area contributed by atoms with Crippen LogP contribution in [0, 0.1) is 11.3 Å². The van der Waals surface area contributed by atoms with Gasteiger partial charge in [0, 0.05) is 5.56 Å². The van der Waals surface area contributed by atoms with E-state index in [4.69, 9.17) is 14.5 Å². The molecule has 0 saturated carbocycles. The van der Waals surface area contributed by atoms with Gasteiger partial charge in [0.15, 0.2) is 6.61 Å². The lowest BCUT2D eigenvalue weighted by molar-refractivity contribution is 0.242. The molecule has 0 saturated heterocycles. The molecule has 3 rings (SSSR count). The molecule has 5 heteroatoms. The second-order valence-corrected chi connectivity index (χ2v) is 4.27. The Labute approximate surface area is 121 Å².